The molecule has 0 heterocycles. The second-order valence-corrected chi connectivity index (χ2v) is 12.4. The minimum atomic E-state index is 0.234. The van der Waals surface area contributed by atoms with Crippen molar-refractivity contribution in [2.24, 2.45) is 0 Å². The van der Waals surface area contributed by atoms with Crippen molar-refractivity contribution >= 4 is 43.1 Å². The molecular weight excluding hydrogens is 581 g/mol. The standard InChI is InChI=1S/C47H28O/c1-30-21-22-32-12-4-5-16-38(32)45(30)43-29-37(25-26-44(43)48)47-41-19-8-6-17-39(41)46(40-18-7-9-20-42(40)47)36-15-10-14-34(28-36)35-24-23-31-11-2-3-13-33(31)27-35/h2-4,6-8,10-15,17-19,21-29,48H,1H3. The van der Waals surface area contributed by atoms with Gasteiger partial charge in [-0.25, -0.2) is 0 Å². The van der Waals surface area contributed by atoms with Gasteiger partial charge in [-0.2, -0.15) is 0 Å². The first-order chi connectivity index (χ1) is 23.6. The van der Waals surface area contributed by atoms with E-state index in [1.807, 2.05) is 30.3 Å². The number of hydrogen-bond donors (Lipinski definition) is 1. The molecule has 0 aliphatic heterocycles. The summed E-state index contributed by atoms with van der Waals surface area (Å²) in [6.07, 6.45) is 0. The molecule has 0 spiro atoms. The molecule has 9 aromatic rings. The van der Waals surface area contributed by atoms with E-state index in [0.29, 0.717) is 0 Å². The Hall–Kier alpha value is -6.54. The molecule has 0 saturated heterocycles. The molecule has 0 fully saturated rings. The van der Waals surface area contributed by atoms with Crippen LogP contribution in [-0.2, 0) is 0 Å². The molecule has 48 heavy (non-hydrogen) atoms. The zero-order valence-corrected chi connectivity index (χ0v) is 26.3. The van der Waals surface area contributed by atoms with Gasteiger partial charge < -0.3 is 5.11 Å². The Labute approximate surface area is 280 Å². The zero-order chi connectivity index (χ0) is 32.2. The second-order valence-electron chi connectivity index (χ2n) is 12.4. The summed E-state index contributed by atoms with van der Waals surface area (Å²) in [5.74, 6) is 0.234. The number of benzene rings is 7. The predicted molar refractivity (Wildman–Crippen MR) is 200 cm³/mol. The predicted octanol–water partition coefficient (Wildman–Crippen LogP) is 12.2. The molecule has 222 valence electrons. The van der Waals surface area contributed by atoms with Gasteiger partial charge in [0.1, 0.15) is 5.75 Å². The van der Waals surface area contributed by atoms with Gasteiger partial charge in [0.05, 0.1) is 0 Å². The van der Waals surface area contributed by atoms with Gasteiger partial charge in [-0.1, -0.05) is 121 Å². The molecule has 0 bridgehead atoms. The lowest BCUT2D eigenvalue weighted by molar-refractivity contribution is 0.477. The summed E-state index contributed by atoms with van der Waals surface area (Å²) in [6, 6.07) is 64.0. The number of fused-ring (bicyclic) bond motifs is 4. The highest BCUT2D eigenvalue weighted by molar-refractivity contribution is 6.21. The van der Waals surface area contributed by atoms with Gasteiger partial charge in [0, 0.05) is 27.5 Å². The minimum Gasteiger partial charge on any atom is -0.507 e. The van der Waals surface area contributed by atoms with E-state index < -0.39 is 0 Å². The van der Waals surface area contributed by atoms with Crippen molar-refractivity contribution in [1.29, 1.82) is 0 Å². The second kappa shape index (κ2) is 11.1. The minimum absolute atomic E-state index is 0.234. The summed E-state index contributed by atoms with van der Waals surface area (Å²) in [7, 11) is 0. The topological polar surface area (TPSA) is 20.2 Å². The Bertz CT molecular complexity index is 2640. The van der Waals surface area contributed by atoms with E-state index in [1.54, 1.807) is 0 Å². The summed E-state index contributed by atoms with van der Waals surface area (Å²) in [6.45, 7) is 2.08. The fourth-order valence-corrected chi connectivity index (χ4v) is 7.31. The number of phenols is 1. The third kappa shape index (κ3) is 4.46. The fraction of sp³-hybridized carbons (Fsp3) is 0.0213. The maximum absolute atomic E-state index is 11.3. The molecule has 0 aliphatic carbocycles. The van der Waals surface area contributed by atoms with Gasteiger partial charge >= 0.3 is 0 Å². The lowest BCUT2D eigenvalue weighted by atomic mass is 9.85. The van der Waals surface area contributed by atoms with Gasteiger partial charge in [0.15, 0.2) is 0 Å². The fourth-order valence-electron chi connectivity index (χ4n) is 7.31. The van der Waals surface area contributed by atoms with Crippen LogP contribution in [0, 0.1) is 31.2 Å². The van der Waals surface area contributed by atoms with Gasteiger partial charge in [-0.3, -0.25) is 0 Å². The van der Waals surface area contributed by atoms with Crippen LogP contribution in [0.15, 0.2) is 146 Å². The Morgan fingerprint density at radius 3 is 1.98 bits per heavy atom. The zero-order valence-electron chi connectivity index (χ0n) is 26.3. The van der Waals surface area contributed by atoms with Crippen molar-refractivity contribution in [1.82, 2.24) is 0 Å². The average Bonchev–Trinajstić information content (AvgIpc) is 3.14. The summed E-state index contributed by atoms with van der Waals surface area (Å²) in [5, 5.41) is 20.1. The lowest BCUT2D eigenvalue weighted by Gasteiger charge is -2.18. The first-order valence-corrected chi connectivity index (χ1v) is 16.2. The number of phenolic OH excluding ortho intramolecular Hbond substituents is 1. The highest BCUT2D eigenvalue weighted by Crippen LogP contribution is 2.46. The van der Waals surface area contributed by atoms with Crippen LogP contribution in [0.4, 0.5) is 0 Å². The van der Waals surface area contributed by atoms with E-state index in [9.17, 15) is 5.11 Å². The summed E-state index contributed by atoms with van der Waals surface area (Å²) < 4.78 is 0. The van der Waals surface area contributed by atoms with Crippen molar-refractivity contribution in [3.8, 4) is 50.3 Å². The molecule has 9 rings (SSSR count). The monoisotopic (exact) mass is 608 g/mol. The SMILES string of the molecule is Cc1ccc2ccc#cc2c1-c1cc(-c2c3c#cccc3c(-c3cccc(-c4ccc5ccccc5c4)c3)c3ccccc23)ccc1O. The molecule has 0 aromatic heterocycles. The summed E-state index contributed by atoms with van der Waals surface area (Å²) in [5.41, 5.74) is 9.58. The van der Waals surface area contributed by atoms with Crippen LogP contribution in [0.25, 0.3) is 87.6 Å². The van der Waals surface area contributed by atoms with E-state index in [1.165, 1.54) is 27.5 Å². The van der Waals surface area contributed by atoms with Crippen molar-refractivity contribution in [3.05, 3.63) is 175 Å². The van der Waals surface area contributed by atoms with E-state index in [2.05, 4.69) is 146 Å². The molecule has 0 amide bonds. The van der Waals surface area contributed by atoms with Crippen LogP contribution in [0.3, 0.4) is 0 Å². The number of aryl methyl sites for hydroxylation is 1. The Balaban J connectivity index is 1.28. The third-order valence-corrected chi connectivity index (χ3v) is 9.56. The molecule has 9 aromatic carbocycles. The van der Waals surface area contributed by atoms with Crippen LogP contribution in [-0.4, -0.2) is 5.11 Å². The molecule has 0 radical (unpaired) electrons. The summed E-state index contributed by atoms with van der Waals surface area (Å²) in [4.78, 5) is 0. The average molecular weight is 609 g/mol. The summed E-state index contributed by atoms with van der Waals surface area (Å²) >= 11 is 0. The lowest BCUT2D eigenvalue weighted by Crippen LogP contribution is -1.92. The maximum Gasteiger partial charge on any atom is 0.123 e. The molecule has 1 nitrogen and oxygen atoms in total. The molecular formula is C47H28O. The number of rotatable bonds is 4. The molecule has 0 saturated carbocycles. The number of hydrogen-bond acceptors (Lipinski definition) is 1. The number of aromatic hydroxyl groups is 1. The van der Waals surface area contributed by atoms with E-state index in [-0.39, 0.29) is 5.75 Å². The molecule has 0 unspecified atom stereocenters. The van der Waals surface area contributed by atoms with E-state index >= 15 is 0 Å². The largest absolute Gasteiger partial charge is 0.507 e. The van der Waals surface area contributed by atoms with Gasteiger partial charge in [0.2, 0.25) is 0 Å². The highest BCUT2D eigenvalue weighted by Gasteiger charge is 2.19. The quantitative estimate of drug-likeness (QED) is 0.211. The first-order valence-electron chi connectivity index (χ1n) is 16.2. The van der Waals surface area contributed by atoms with E-state index in [0.717, 1.165) is 65.7 Å². The normalized spacial score (nSPS) is 11.2. The van der Waals surface area contributed by atoms with Crippen LogP contribution in [0.2, 0.25) is 0 Å². The third-order valence-electron chi connectivity index (χ3n) is 9.56. The van der Waals surface area contributed by atoms with Crippen LogP contribution in [0.5, 0.6) is 5.75 Å². The Morgan fingerprint density at radius 1 is 0.438 bits per heavy atom. The van der Waals surface area contributed by atoms with Gasteiger partial charge in [0.25, 0.3) is 0 Å². The smallest absolute Gasteiger partial charge is 0.123 e. The molecule has 1 N–H and O–H groups in total. The van der Waals surface area contributed by atoms with Crippen molar-refractivity contribution in [3.63, 3.8) is 0 Å². The van der Waals surface area contributed by atoms with Crippen LogP contribution in [0.1, 0.15) is 5.56 Å². The Kier molecular flexibility index (Phi) is 6.39. The molecule has 0 atom stereocenters. The van der Waals surface area contributed by atoms with Crippen LogP contribution >= 0.6 is 0 Å². The Morgan fingerprint density at radius 2 is 1.10 bits per heavy atom. The molecule has 1 heteroatoms. The highest BCUT2D eigenvalue weighted by atomic mass is 16.3. The van der Waals surface area contributed by atoms with Crippen molar-refractivity contribution in [2.75, 3.05) is 0 Å². The maximum atomic E-state index is 11.3. The van der Waals surface area contributed by atoms with Crippen molar-refractivity contribution < 1.29 is 5.11 Å². The van der Waals surface area contributed by atoms with Gasteiger partial charge in [-0.15, -0.1) is 0 Å². The van der Waals surface area contributed by atoms with Gasteiger partial charge in [-0.05, 0) is 121 Å². The van der Waals surface area contributed by atoms with Crippen molar-refractivity contribution in [2.45, 2.75) is 6.92 Å². The molecule has 0 aliphatic rings. The van der Waals surface area contributed by atoms with E-state index in [4.69, 9.17) is 0 Å². The van der Waals surface area contributed by atoms with Crippen LogP contribution < -0.4 is 0 Å². The first kappa shape index (κ1) is 27.7.